The molecule has 144 valence electrons. The van der Waals surface area contributed by atoms with Crippen molar-refractivity contribution in [1.82, 2.24) is 15.1 Å². The minimum absolute atomic E-state index is 0.0295. The van der Waals surface area contributed by atoms with Crippen molar-refractivity contribution < 1.29 is 19.1 Å². The van der Waals surface area contributed by atoms with Crippen molar-refractivity contribution >= 4 is 12.3 Å². The Bertz CT molecular complexity index is 749. The summed E-state index contributed by atoms with van der Waals surface area (Å²) in [5.74, 6) is 0.727. The molecule has 1 heterocycles. The second-order valence-corrected chi connectivity index (χ2v) is 6.14. The van der Waals surface area contributed by atoms with Crippen LogP contribution >= 0.6 is 0 Å². The molecule has 1 aliphatic rings. The maximum atomic E-state index is 12.5. The Morgan fingerprint density at radius 1 is 1.19 bits per heavy atom. The van der Waals surface area contributed by atoms with Gasteiger partial charge in [0.2, 0.25) is 6.41 Å². The van der Waals surface area contributed by atoms with Gasteiger partial charge in [0.25, 0.3) is 5.91 Å². The third-order valence-electron chi connectivity index (χ3n) is 4.43. The topological polar surface area (TPSA) is 94.9 Å². The number of nitriles is 1. The van der Waals surface area contributed by atoms with Crippen LogP contribution in [-0.4, -0.2) is 62.5 Å². The van der Waals surface area contributed by atoms with Crippen LogP contribution in [0.5, 0.6) is 11.5 Å². The van der Waals surface area contributed by atoms with Crippen molar-refractivity contribution in [2.24, 2.45) is 0 Å². The molecule has 0 spiro atoms. The Morgan fingerprint density at radius 2 is 1.81 bits per heavy atom. The number of hydrogen-bond acceptors (Lipinski definition) is 6. The number of hydrogen-bond donors (Lipinski definition) is 1. The fourth-order valence-corrected chi connectivity index (χ4v) is 2.77. The molecule has 1 fully saturated rings. The van der Waals surface area contributed by atoms with Crippen LogP contribution in [0.2, 0.25) is 0 Å². The fraction of sp³-hybridized carbons (Fsp3) is 0.421. The maximum Gasteiger partial charge on any atom is 0.263 e. The highest BCUT2D eigenvalue weighted by atomic mass is 16.5. The van der Waals surface area contributed by atoms with Gasteiger partial charge in [-0.05, 0) is 24.6 Å². The average Bonchev–Trinajstić information content (AvgIpc) is 2.71. The van der Waals surface area contributed by atoms with Gasteiger partial charge in [-0.25, -0.2) is 0 Å². The molecule has 1 unspecified atom stereocenters. The van der Waals surface area contributed by atoms with Crippen LogP contribution in [-0.2, 0) is 9.59 Å². The smallest absolute Gasteiger partial charge is 0.263 e. The number of nitrogens with one attached hydrogen (secondary N) is 1. The minimum atomic E-state index is -0.447. The second-order valence-electron chi connectivity index (χ2n) is 6.14. The zero-order valence-electron chi connectivity index (χ0n) is 15.8. The first-order valence-corrected chi connectivity index (χ1v) is 8.60. The first-order valence-electron chi connectivity index (χ1n) is 8.60. The predicted octanol–water partition coefficient (Wildman–Crippen LogP) is 1.06. The van der Waals surface area contributed by atoms with Crippen LogP contribution in [0.15, 0.2) is 30.0 Å². The number of benzene rings is 1. The van der Waals surface area contributed by atoms with Crippen LogP contribution in [0.1, 0.15) is 18.5 Å². The summed E-state index contributed by atoms with van der Waals surface area (Å²) in [6.07, 6.45) is 2.36. The molecule has 0 radical (unpaired) electrons. The van der Waals surface area contributed by atoms with Gasteiger partial charge in [0.15, 0.2) is 11.5 Å². The monoisotopic (exact) mass is 372 g/mol. The van der Waals surface area contributed by atoms with Crippen molar-refractivity contribution in [1.29, 1.82) is 5.26 Å². The summed E-state index contributed by atoms with van der Waals surface area (Å²) < 4.78 is 10.5. The van der Waals surface area contributed by atoms with Crippen LogP contribution < -0.4 is 14.8 Å². The Morgan fingerprint density at radius 3 is 2.37 bits per heavy atom. The summed E-state index contributed by atoms with van der Waals surface area (Å²) in [7, 11) is 3.10. The number of nitrogens with zero attached hydrogens (tertiary/aromatic N) is 3. The maximum absolute atomic E-state index is 12.5. The second kappa shape index (κ2) is 9.48. The van der Waals surface area contributed by atoms with Crippen molar-refractivity contribution in [3.8, 4) is 17.6 Å². The highest BCUT2D eigenvalue weighted by Gasteiger charge is 2.18. The van der Waals surface area contributed by atoms with Crippen LogP contribution in [0.3, 0.4) is 0 Å². The highest BCUT2D eigenvalue weighted by Crippen LogP contribution is 2.29. The molecule has 8 heteroatoms. The van der Waals surface area contributed by atoms with Crippen molar-refractivity contribution in [3.63, 3.8) is 0 Å². The number of carbonyl (C=O) groups excluding carboxylic acids is 2. The van der Waals surface area contributed by atoms with Crippen LogP contribution in [0, 0.1) is 11.3 Å². The summed E-state index contributed by atoms with van der Waals surface area (Å²) in [5.41, 5.74) is 0.861. The number of rotatable bonds is 7. The first-order chi connectivity index (χ1) is 13.0. The van der Waals surface area contributed by atoms with E-state index in [1.807, 2.05) is 24.0 Å². The number of methoxy groups -OCH3 is 2. The molecule has 2 rings (SSSR count). The Balaban J connectivity index is 2.04. The van der Waals surface area contributed by atoms with E-state index >= 15 is 0 Å². The molecule has 1 saturated heterocycles. The zero-order chi connectivity index (χ0) is 19.8. The molecule has 0 bridgehead atoms. The van der Waals surface area contributed by atoms with Gasteiger partial charge in [0.05, 0.1) is 20.3 Å². The van der Waals surface area contributed by atoms with Crippen LogP contribution in [0.4, 0.5) is 0 Å². The summed E-state index contributed by atoms with van der Waals surface area (Å²) in [4.78, 5) is 26.8. The van der Waals surface area contributed by atoms with Gasteiger partial charge in [-0.2, -0.15) is 5.26 Å². The highest BCUT2D eigenvalue weighted by molar-refractivity contribution is 5.97. The Labute approximate surface area is 158 Å². The molecule has 0 saturated carbocycles. The molecule has 0 aromatic heterocycles. The summed E-state index contributed by atoms with van der Waals surface area (Å²) >= 11 is 0. The quantitative estimate of drug-likeness (QED) is 0.437. The molecule has 1 aromatic carbocycles. The van der Waals surface area contributed by atoms with Gasteiger partial charge >= 0.3 is 0 Å². The number of ether oxygens (including phenoxy) is 2. The van der Waals surface area contributed by atoms with E-state index in [4.69, 9.17) is 9.47 Å². The third-order valence-corrected chi connectivity index (χ3v) is 4.43. The first kappa shape index (κ1) is 20.1. The lowest BCUT2D eigenvalue weighted by molar-refractivity contribution is -0.120. The number of carbonyl (C=O) groups is 2. The van der Waals surface area contributed by atoms with Gasteiger partial charge in [0.1, 0.15) is 11.6 Å². The van der Waals surface area contributed by atoms with Crippen LogP contribution in [0.25, 0.3) is 0 Å². The summed E-state index contributed by atoms with van der Waals surface area (Å²) in [6.45, 7) is 4.15. The third kappa shape index (κ3) is 5.14. The van der Waals surface area contributed by atoms with Gasteiger partial charge in [-0.1, -0.05) is 6.07 Å². The standard InChI is InChI=1S/C19H24N4O4/c1-14(15-4-5-17(26-2)18(10-15)27-3)21-19(25)16(11-20)12-22-6-8-23(13-24)9-7-22/h4-5,10,12-14H,6-9H2,1-3H3,(H,21,25)/b16-12-. The zero-order valence-corrected chi connectivity index (χ0v) is 15.8. The molecule has 1 aliphatic heterocycles. The number of amides is 2. The number of piperazine rings is 1. The fourth-order valence-electron chi connectivity index (χ4n) is 2.77. The SMILES string of the molecule is COc1ccc(C(C)NC(=O)/C(C#N)=C\N2CCN(C=O)CC2)cc1OC. The average molecular weight is 372 g/mol. The molecule has 1 N–H and O–H groups in total. The Hall–Kier alpha value is -3.21. The van der Waals surface area contributed by atoms with Crippen molar-refractivity contribution in [3.05, 3.63) is 35.5 Å². The lowest BCUT2D eigenvalue weighted by Crippen LogP contribution is -2.43. The lowest BCUT2D eigenvalue weighted by Gasteiger charge is -2.31. The van der Waals surface area contributed by atoms with E-state index in [-0.39, 0.29) is 11.6 Å². The minimum Gasteiger partial charge on any atom is -0.493 e. The van der Waals surface area contributed by atoms with E-state index in [2.05, 4.69) is 5.32 Å². The molecule has 27 heavy (non-hydrogen) atoms. The molecule has 1 aromatic rings. The van der Waals surface area contributed by atoms with Crippen molar-refractivity contribution in [2.75, 3.05) is 40.4 Å². The molecule has 8 nitrogen and oxygen atoms in total. The lowest BCUT2D eigenvalue weighted by atomic mass is 10.1. The van der Waals surface area contributed by atoms with Gasteiger partial charge in [-0.3, -0.25) is 9.59 Å². The molecular weight excluding hydrogens is 348 g/mol. The van der Waals surface area contributed by atoms with Gasteiger partial charge in [0, 0.05) is 32.4 Å². The normalized spacial score (nSPS) is 15.6. The van der Waals surface area contributed by atoms with E-state index in [0.29, 0.717) is 37.7 Å². The predicted molar refractivity (Wildman–Crippen MR) is 99.0 cm³/mol. The van der Waals surface area contributed by atoms with E-state index in [1.165, 1.54) is 0 Å². The molecule has 2 amide bonds. The summed E-state index contributed by atoms with van der Waals surface area (Å²) in [6, 6.07) is 7.03. The largest absolute Gasteiger partial charge is 0.493 e. The molecule has 0 aliphatic carbocycles. The Kier molecular flexibility index (Phi) is 7.06. The molecular formula is C19H24N4O4. The molecule has 1 atom stereocenters. The van der Waals surface area contributed by atoms with E-state index in [1.54, 1.807) is 37.5 Å². The van der Waals surface area contributed by atoms with E-state index in [0.717, 1.165) is 12.0 Å². The van der Waals surface area contributed by atoms with Gasteiger partial charge < -0.3 is 24.6 Å². The van der Waals surface area contributed by atoms with E-state index in [9.17, 15) is 14.9 Å². The summed E-state index contributed by atoms with van der Waals surface area (Å²) in [5, 5.41) is 12.2. The van der Waals surface area contributed by atoms with E-state index < -0.39 is 5.91 Å². The van der Waals surface area contributed by atoms with Crippen molar-refractivity contribution in [2.45, 2.75) is 13.0 Å². The van der Waals surface area contributed by atoms with Gasteiger partial charge in [-0.15, -0.1) is 0 Å².